The van der Waals surface area contributed by atoms with Crippen molar-refractivity contribution in [3.8, 4) is 0 Å². The van der Waals surface area contributed by atoms with Crippen LogP contribution in [-0.2, 0) is 0 Å². The summed E-state index contributed by atoms with van der Waals surface area (Å²) >= 11 is 0. The van der Waals surface area contributed by atoms with Crippen LogP contribution in [0.2, 0.25) is 0 Å². The Morgan fingerprint density at radius 1 is 1.55 bits per heavy atom. The average Bonchev–Trinajstić information content (AvgIpc) is 2.81. The van der Waals surface area contributed by atoms with Crippen molar-refractivity contribution in [1.82, 2.24) is 4.90 Å². The molecule has 0 amide bonds. The second-order valence-electron chi connectivity index (χ2n) is 3.68. The monoisotopic (exact) mass is 156 g/mol. The lowest BCUT2D eigenvalue weighted by atomic mass is 10.1. The summed E-state index contributed by atoms with van der Waals surface area (Å²) in [6, 6.07) is 0.885. The van der Waals surface area contributed by atoms with E-state index in [0.29, 0.717) is 5.92 Å². The molecule has 0 aromatic rings. The summed E-state index contributed by atoms with van der Waals surface area (Å²) in [5.41, 5.74) is 5.63. The van der Waals surface area contributed by atoms with Crippen molar-refractivity contribution in [2.24, 2.45) is 11.7 Å². The minimum Gasteiger partial charge on any atom is -0.330 e. The van der Waals surface area contributed by atoms with Crippen molar-refractivity contribution in [3.63, 3.8) is 0 Å². The number of nitrogens with zero attached hydrogens (tertiary/aromatic N) is 1. The van der Waals surface area contributed by atoms with Crippen molar-refractivity contribution in [3.05, 3.63) is 0 Å². The van der Waals surface area contributed by atoms with Gasteiger partial charge in [0, 0.05) is 12.6 Å². The fourth-order valence-electron chi connectivity index (χ4n) is 1.44. The molecule has 2 nitrogen and oxygen atoms in total. The summed E-state index contributed by atoms with van der Waals surface area (Å²) in [4.78, 5) is 2.46. The maximum atomic E-state index is 5.63. The third-order valence-corrected chi connectivity index (χ3v) is 2.63. The summed E-state index contributed by atoms with van der Waals surface area (Å²) in [6.45, 7) is 4.25. The quantitative estimate of drug-likeness (QED) is 0.645. The van der Waals surface area contributed by atoms with E-state index in [0.717, 1.165) is 12.6 Å². The van der Waals surface area contributed by atoms with Crippen molar-refractivity contribution in [2.45, 2.75) is 32.2 Å². The molecule has 0 heterocycles. The highest BCUT2D eigenvalue weighted by Crippen LogP contribution is 2.26. The van der Waals surface area contributed by atoms with Crippen LogP contribution in [0, 0.1) is 5.92 Å². The second-order valence-corrected chi connectivity index (χ2v) is 3.68. The molecular formula is C9H20N2. The first-order valence-corrected chi connectivity index (χ1v) is 4.68. The van der Waals surface area contributed by atoms with Crippen LogP contribution in [0.5, 0.6) is 0 Å². The van der Waals surface area contributed by atoms with Crippen molar-refractivity contribution < 1.29 is 0 Å². The van der Waals surface area contributed by atoms with Crippen LogP contribution < -0.4 is 5.73 Å². The van der Waals surface area contributed by atoms with Gasteiger partial charge >= 0.3 is 0 Å². The van der Waals surface area contributed by atoms with Gasteiger partial charge in [-0.2, -0.15) is 0 Å². The van der Waals surface area contributed by atoms with Crippen LogP contribution in [0.1, 0.15) is 26.2 Å². The van der Waals surface area contributed by atoms with Gasteiger partial charge in [-0.15, -0.1) is 0 Å². The molecule has 0 saturated heterocycles. The molecule has 11 heavy (non-hydrogen) atoms. The molecule has 2 N–H and O–H groups in total. The van der Waals surface area contributed by atoms with Gasteiger partial charge in [0.1, 0.15) is 0 Å². The predicted octanol–water partition coefficient (Wildman–Crippen LogP) is 1.07. The Morgan fingerprint density at radius 3 is 2.55 bits per heavy atom. The minimum absolute atomic E-state index is 0.709. The van der Waals surface area contributed by atoms with Crippen molar-refractivity contribution in [2.75, 3.05) is 20.1 Å². The van der Waals surface area contributed by atoms with Gasteiger partial charge in [-0.3, -0.25) is 0 Å². The fourth-order valence-corrected chi connectivity index (χ4v) is 1.44. The molecule has 0 aromatic carbocycles. The third kappa shape index (κ3) is 2.80. The Morgan fingerprint density at radius 2 is 2.18 bits per heavy atom. The van der Waals surface area contributed by atoms with E-state index in [1.165, 1.54) is 25.8 Å². The first-order valence-electron chi connectivity index (χ1n) is 4.68. The van der Waals surface area contributed by atoms with Gasteiger partial charge in [0.25, 0.3) is 0 Å². The predicted molar refractivity (Wildman–Crippen MR) is 48.5 cm³/mol. The van der Waals surface area contributed by atoms with E-state index in [1.54, 1.807) is 0 Å². The Labute approximate surface area is 69.8 Å². The largest absolute Gasteiger partial charge is 0.330 e. The maximum Gasteiger partial charge on any atom is 0.00934 e. The SMILES string of the molecule is CCC(CN)CN(C)C1CC1. The van der Waals surface area contributed by atoms with Gasteiger partial charge in [0.15, 0.2) is 0 Å². The normalized spacial score (nSPS) is 20.7. The first-order chi connectivity index (χ1) is 5.27. The molecule has 0 bridgehead atoms. The van der Waals surface area contributed by atoms with Gasteiger partial charge in [-0.25, -0.2) is 0 Å². The highest BCUT2D eigenvalue weighted by atomic mass is 15.2. The molecule has 66 valence electrons. The summed E-state index contributed by atoms with van der Waals surface area (Å²) in [6.07, 6.45) is 4.02. The zero-order valence-corrected chi connectivity index (χ0v) is 7.71. The lowest BCUT2D eigenvalue weighted by Crippen LogP contribution is -2.31. The minimum atomic E-state index is 0.709. The Kier molecular flexibility index (Phi) is 3.34. The third-order valence-electron chi connectivity index (χ3n) is 2.63. The smallest absolute Gasteiger partial charge is 0.00934 e. The lowest BCUT2D eigenvalue weighted by molar-refractivity contribution is 0.266. The van der Waals surface area contributed by atoms with Gasteiger partial charge in [0.05, 0.1) is 0 Å². The second kappa shape index (κ2) is 4.07. The number of rotatable bonds is 5. The molecule has 0 aromatic heterocycles. The Hall–Kier alpha value is -0.0800. The maximum absolute atomic E-state index is 5.63. The van der Waals surface area contributed by atoms with Crippen LogP contribution in [-0.4, -0.2) is 31.1 Å². The molecule has 0 spiro atoms. The van der Waals surface area contributed by atoms with Crippen LogP contribution in [0.4, 0.5) is 0 Å². The molecule has 2 heteroatoms. The summed E-state index contributed by atoms with van der Waals surface area (Å²) < 4.78 is 0. The number of hydrogen-bond donors (Lipinski definition) is 1. The van der Waals surface area contributed by atoms with E-state index >= 15 is 0 Å². The summed E-state index contributed by atoms with van der Waals surface area (Å²) in [7, 11) is 2.22. The molecule has 1 atom stereocenters. The van der Waals surface area contributed by atoms with Crippen LogP contribution in [0.15, 0.2) is 0 Å². The van der Waals surface area contributed by atoms with E-state index in [-0.39, 0.29) is 0 Å². The molecule has 1 unspecified atom stereocenters. The molecule has 1 aliphatic carbocycles. The van der Waals surface area contributed by atoms with E-state index in [4.69, 9.17) is 5.73 Å². The fraction of sp³-hybridized carbons (Fsp3) is 1.00. The van der Waals surface area contributed by atoms with Crippen molar-refractivity contribution >= 4 is 0 Å². The molecule has 1 rings (SSSR count). The van der Waals surface area contributed by atoms with Gasteiger partial charge in [0.2, 0.25) is 0 Å². The van der Waals surface area contributed by atoms with E-state index in [9.17, 15) is 0 Å². The van der Waals surface area contributed by atoms with E-state index in [2.05, 4.69) is 18.9 Å². The molecule has 1 saturated carbocycles. The standard InChI is InChI=1S/C9H20N2/c1-3-8(6-10)7-11(2)9-4-5-9/h8-9H,3-7,10H2,1-2H3. The average molecular weight is 156 g/mol. The summed E-state index contributed by atoms with van der Waals surface area (Å²) in [5.74, 6) is 0.709. The molecule has 1 aliphatic rings. The van der Waals surface area contributed by atoms with Gasteiger partial charge < -0.3 is 10.6 Å². The molecule has 0 radical (unpaired) electrons. The highest BCUT2D eigenvalue weighted by molar-refractivity contribution is 4.83. The molecule has 1 fully saturated rings. The van der Waals surface area contributed by atoms with Crippen LogP contribution >= 0.6 is 0 Å². The zero-order chi connectivity index (χ0) is 8.27. The van der Waals surface area contributed by atoms with Crippen LogP contribution in [0.25, 0.3) is 0 Å². The van der Waals surface area contributed by atoms with Crippen LogP contribution in [0.3, 0.4) is 0 Å². The Balaban J connectivity index is 2.15. The van der Waals surface area contributed by atoms with E-state index in [1.807, 2.05) is 0 Å². The van der Waals surface area contributed by atoms with Crippen molar-refractivity contribution in [1.29, 1.82) is 0 Å². The number of nitrogens with two attached hydrogens (primary N) is 1. The van der Waals surface area contributed by atoms with Gasteiger partial charge in [-0.1, -0.05) is 13.3 Å². The highest BCUT2D eigenvalue weighted by Gasteiger charge is 2.26. The zero-order valence-electron chi connectivity index (χ0n) is 7.71. The van der Waals surface area contributed by atoms with E-state index < -0.39 is 0 Å². The lowest BCUT2D eigenvalue weighted by Gasteiger charge is -2.21. The van der Waals surface area contributed by atoms with Gasteiger partial charge in [-0.05, 0) is 32.4 Å². The number of hydrogen-bond acceptors (Lipinski definition) is 2. The molecular weight excluding hydrogens is 136 g/mol. The molecule has 0 aliphatic heterocycles. The summed E-state index contributed by atoms with van der Waals surface area (Å²) in [5, 5.41) is 0. The Bertz CT molecular complexity index is 106. The topological polar surface area (TPSA) is 29.3 Å². The first kappa shape index (κ1) is 9.01.